The van der Waals surface area contributed by atoms with Crippen molar-refractivity contribution in [1.29, 1.82) is 0 Å². The third kappa shape index (κ3) is 2.35. The molecule has 3 atom stereocenters. The molecule has 0 fully saturated rings. The van der Waals surface area contributed by atoms with E-state index in [1.807, 2.05) is 67.3 Å². The zero-order chi connectivity index (χ0) is 18.4. The molecule has 3 aromatic rings. The third-order valence-corrected chi connectivity index (χ3v) is 5.32. The molecule has 0 aliphatic carbocycles. The van der Waals surface area contributed by atoms with Gasteiger partial charge in [0.2, 0.25) is 5.91 Å². The zero-order valence-corrected chi connectivity index (χ0v) is 15.1. The Hall–Kier alpha value is -2.95. The molecular weight excluding hydrogens is 326 g/mol. The lowest BCUT2D eigenvalue weighted by Gasteiger charge is -2.41. The summed E-state index contributed by atoms with van der Waals surface area (Å²) in [6, 6.07) is 16.3. The number of para-hydroxylation sites is 1. The molecule has 1 aliphatic heterocycles. The van der Waals surface area contributed by atoms with Gasteiger partial charge in [0.15, 0.2) is 0 Å². The maximum absolute atomic E-state index is 13.1. The molecule has 1 aliphatic rings. The minimum absolute atomic E-state index is 0.0551. The molecule has 2 aromatic carbocycles. The Morgan fingerprint density at radius 1 is 0.923 bits per heavy atom. The fraction of sp³-hybridized carbons (Fsp3) is 0.286. The minimum Gasteiger partial charge on any atom is -0.324 e. The smallest absolute Gasteiger partial charge is 0.262 e. The second-order valence-electron chi connectivity index (χ2n) is 6.85. The van der Waals surface area contributed by atoms with Crippen LogP contribution in [0.1, 0.15) is 50.3 Å². The molecule has 0 spiro atoms. The number of aromatic nitrogens is 2. The van der Waals surface area contributed by atoms with Crippen molar-refractivity contribution in [1.82, 2.24) is 14.5 Å². The summed E-state index contributed by atoms with van der Waals surface area (Å²) in [5.41, 5.74) is 1.59. The third-order valence-electron chi connectivity index (χ3n) is 5.32. The first kappa shape index (κ1) is 16.5. The van der Waals surface area contributed by atoms with Gasteiger partial charge in [0, 0.05) is 0 Å². The van der Waals surface area contributed by atoms with Crippen LogP contribution < -0.4 is 5.56 Å². The number of rotatable bonds is 2. The summed E-state index contributed by atoms with van der Waals surface area (Å²) in [5, 5.41) is 0.549. The Kier molecular flexibility index (Phi) is 3.87. The van der Waals surface area contributed by atoms with Crippen LogP contribution in [0.4, 0.5) is 0 Å². The number of hydrogen-bond donors (Lipinski definition) is 0. The minimum atomic E-state index is -0.572. The van der Waals surface area contributed by atoms with Crippen LogP contribution in [-0.4, -0.2) is 20.4 Å². The highest BCUT2D eigenvalue weighted by atomic mass is 16.2. The molecule has 1 aromatic heterocycles. The summed E-state index contributed by atoms with van der Waals surface area (Å²) < 4.78 is 1.56. The molecule has 0 saturated heterocycles. The van der Waals surface area contributed by atoms with Crippen LogP contribution in [0, 0.1) is 0 Å². The summed E-state index contributed by atoms with van der Waals surface area (Å²) in [6.07, 6.45) is 0. The quantitative estimate of drug-likeness (QED) is 0.711. The average Bonchev–Trinajstić information content (AvgIpc) is 2.67. The van der Waals surface area contributed by atoms with Crippen LogP contribution >= 0.6 is 0 Å². The van der Waals surface area contributed by atoms with Crippen LogP contribution in [0.5, 0.6) is 0 Å². The van der Waals surface area contributed by atoms with Crippen molar-refractivity contribution in [2.45, 2.75) is 38.9 Å². The normalized spacial score (nSPS) is 20.9. The maximum atomic E-state index is 13.1. The number of hydrogen-bond acceptors (Lipinski definition) is 3. The van der Waals surface area contributed by atoms with Gasteiger partial charge >= 0.3 is 0 Å². The fourth-order valence-electron chi connectivity index (χ4n) is 3.89. The van der Waals surface area contributed by atoms with E-state index in [2.05, 4.69) is 0 Å². The van der Waals surface area contributed by atoms with Gasteiger partial charge in [-0.1, -0.05) is 42.5 Å². The molecular formula is C21H21N3O2. The van der Waals surface area contributed by atoms with Crippen molar-refractivity contribution in [3.63, 3.8) is 0 Å². The van der Waals surface area contributed by atoms with E-state index in [9.17, 15) is 9.59 Å². The van der Waals surface area contributed by atoms with Crippen molar-refractivity contribution in [3.05, 3.63) is 76.3 Å². The van der Waals surface area contributed by atoms with Crippen LogP contribution in [0.3, 0.4) is 0 Å². The van der Waals surface area contributed by atoms with Crippen LogP contribution in [0.15, 0.2) is 59.4 Å². The van der Waals surface area contributed by atoms with E-state index in [0.717, 1.165) is 5.56 Å². The van der Waals surface area contributed by atoms with Gasteiger partial charge in [-0.05, 0) is 38.5 Å². The largest absolute Gasteiger partial charge is 0.324 e. The number of amides is 1. The average molecular weight is 347 g/mol. The first-order valence-corrected chi connectivity index (χ1v) is 8.89. The van der Waals surface area contributed by atoms with E-state index < -0.39 is 6.04 Å². The lowest BCUT2D eigenvalue weighted by molar-refractivity contribution is -0.142. The Bertz CT molecular complexity index is 1040. The maximum Gasteiger partial charge on any atom is 0.262 e. The Morgan fingerprint density at radius 3 is 2.31 bits per heavy atom. The first-order valence-electron chi connectivity index (χ1n) is 8.89. The van der Waals surface area contributed by atoms with Gasteiger partial charge in [0.1, 0.15) is 11.9 Å². The second kappa shape index (κ2) is 6.09. The van der Waals surface area contributed by atoms with E-state index in [1.165, 1.54) is 0 Å². The van der Waals surface area contributed by atoms with Gasteiger partial charge < -0.3 is 4.90 Å². The molecule has 0 bridgehead atoms. The number of carbonyl (C=O) groups excluding carboxylic acids is 1. The molecule has 5 nitrogen and oxygen atoms in total. The topological polar surface area (TPSA) is 55.2 Å². The van der Waals surface area contributed by atoms with Crippen molar-refractivity contribution in [3.8, 4) is 0 Å². The SMILES string of the molecule is C[C@H](c1ccccc1)N1C(=O)[C@H](C)n2c(nc3ccccc3c2=O)[C@@H]1C. The zero-order valence-electron chi connectivity index (χ0n) is 15.1. The summed E-state index contributed by atoms with van der Waals surface area (Å²) in [7, 11) is 0. The summed E-state index contributed by atoms with van der Waals surface area (Å²) in [4.78, 5) is 32.7. The Morgan fingerprint density at radius 2 is 1.58 bits per heavy atom. The van der Waals surface area contributed by atoms with Crippen molar-refractivity contribution >= 4 is 16.8 Å². The fourth-order valence-corrected chi connectivity index (χ4v) is 3.89. The number of carbonyl (C=O) groups is 1. The molecule has 132 valence electrons. The van der Waals surface area contributed by atoms with Crippen molar-refractivity contribution in [2.24, 2.45) is 0 Å². The highest BCUT2D eigenvalue weighted by Crippen LogP contribution is 2.36. The van der Waals surface area contributed by atoms with Crippen molar-refractivity contribution in [2.75, 3.05) is 0 Å². The van der Waals surface area contributed by atoms with Gasteiger partial charge in [0.05, 0.1) is 23.0 Å². The monoisotopic (exact) mass is 347 g/mol. The highest BCUT2D eigenvalue weighted by molar-refractivity contribution is 5.84. The molecule has 0 unspecified atom stereocenters. The molecule has 5 heteroatoms. The lowest BCUT2D eigenvalue weighted by atomic mass is 10.0. The van der Waals surface area contributed by atoms with Gasteiger partial charge in [0.25, 0.3) is 5.56 Å². The molecule has 1 amide bonds. The van der Waals surface area contributed by atoms with Gasteiger partial charge in [-0.3, -0.25) is 14.2 Å². The van der Waals surface area contributed by atoms with Crippen LogP contribution in [0.25, 0.3) is 10.9 Å². The standard InChI is InChI=1S/C21H21N3O2/c1-13(16-9-5-4-6-10-16)23-14(2)19-22-18-12-8-7-11-17(18)21(26)24(19)15(3)20(23)25/h4-15H,1-3H3/t13-,14+,15+/m1/s1. The molecule has 2 heterocycles. The van der Waals surface area contributed by atoms with E-state index in [1.54, 1.807) is 17.6 Å². The number of fused-ring (bicyclic) bond motifs is 2. The Balaban J connectivity index is 1.89. The molecule has 4 rings (SSSR count). The number of nitrogens with zero attached hydrogens (tertiary/aromatic N) is 3. The van der Waals surface area contributed by atoms with Gasteiger partial charge in [-0.25, -0.2) is 4.98 Å². The molecule has 0 N–H and O–H groups in total. The molecule has 0 radical (unpaired) electrons. The van der Waals surface area contributed by atoms with E-state index in [4.69, 9.17) is 4.98 Å². The molecule has 26 heavy (non-hydrogen) atoms. The number of benzene rings is 2. The van der Waals surface area contributed by atoms with Crippen LogP contribution in [0.2, 0.25) is 0 Å². The van der Waals surface area contributed by atoms with E-state index >= 15 is 0 Å². The summed E-state index contributed by atoms with van der Waals surface area (Å²) in [6.45, 7) is 5.74. The lowest BCUT2D eigenvalue weighted by Crippen LogP contribution is -2.49. The predicted molar refractivity (Wildman–Crippen MR) is 101 cm³/mol. The first-order chi connectivity index (χ1) is 12.5. The molecule has 0 saturated carbocycles. The Labute approximate surface area is 151 Å². The predicted octanol–water partition coefficient (Wildman–Crippen LogP) is 3.62. The summed E-state index contributed by atoms with van der Waals surface area (Å²) in [5.74, 6) is 0.587. The second-order valence-corrected chi connectivity index (χ2v) is 6.85. The highest BCUT2D eigenvalue weighted by Gasteiger charge is 2.39. The van der Waals surface area contributed by atoms with Crippen molar-refractivity contribution < 1.29 is 4.79 Å². The van der Waals surface area contributed by atoms with Gasteiger partial charge in [-0.15, -0.1) is 0 Å². The summed E-state index contributed by atoms with van der Waals surface area (Å²) >= 11 is 0. The van der Waals surface area contributed by atoms with E-state index in [0.29, 0.717) is 16.7 Å². The van der Waals surface area contributed by atoms with Gasteiger partial charge in [-0.2, -0.15) is 0 Å². The van der Waals surface area contributed by atoms with E-state index in [-0.39, 0.29) is 23.6 Å². The van der Waals surface area contributed by atoms with Crippen LogP contribution in [-0.2, 0) is 4.79 Å².